The van der Waals surface area contributed by atoms with E-state index in [1.807, 2.05) is 0 Å². The molecular formula is C28H27FN2O6S. The number of hydrogen-bond acceptors (Lipinski definition) is 8. The Morgan fingerprint density at radius 3 is 2.55 bits per heavy atom. The van der Waals surface area contributed by atoms with Crippen molar-refractivity contribution in [2.24, 2.45) is 0 Å². The summed E-state index contributed by atoms with van der Waals surface area (Å²) in [7, 11) is 0. The molecule has 1 N–H and O–H groups in total. The van der Waals surface area contributed by atoms with Crippen molar-refractivity contribution in [1.29, 1.82) is 0 Å². The molecule has 1 atom stereocenters. The highest BCUT2D eigenvalue weighted by atomic mass is 32.1. The van der Waals surface area contributed by atoms with Gasteiger partial charge in [-0.1, -0.05) is 36.8 Å². The summed E-state index contributed by atoms with van der Waals surface area (Å²) >= 11 is 0.887. The molecule has 0 aliphatic carbocycles. The first-order valence-electron chi connectivity index (χ1n) is 12.2. The Bertz CT molecular complexity index is 1400. The largest absolute Gasteiger partial charge is 0.507 e. The van der Waals surface area contributed by atoms with E-state index >= 15 is 0 Å². The highest BCUT2D eigenvalue weighted by Gasteiger charge is 2.48. The standard InChI is InChI=1S/C28H27FN2O6S/c1-4-6-14-37-20-12-10-17(11-13-20)23(32)21-22(18-8-7-9-19(29)15-18)31(26(34)24(21)33)28-30-16(3)25(38-28)27(35)36-5-2/h7-13,15,22,32H,4-6,14H2,1-3H3/t22-/m1/s1. The van der Waals surface area contributed by atoms with Crippen LogP contribution in [0.3, 0.4) is 0 Å². The van der Waals surface area contributed by atoms with Crippen LogP contribution in [0, 0.1) is 12.7 Å². The first kappa shape index (κ1) is 27.0. The number of benzene rings is 2. The van der Waals surface area contributed by atoms with Crippen LogP contribution in [0.5, 0.6) is 5.75 Å². The maximum Gasteiger partial charge on any atom is 0.350 e. The smallest absolute Gasteiger partial charge is 0.350 e. The van der Waals surface area contributed by atoms with Crippen molar-refractivity contribution in [3.63, 3.8) is 0 Å². The lowest BCUT2D eigenvalue weighted by Crippen LogP contribution is -2.29. The number of ether oxygens (including phenoxy) is 2. The Morgan fingerprint density at radius 2 is 1.89 bits per heavy atom. The number of esters is 1. The zero-order valence-corrected chi connectivity index (χ0v) is 22.0. The van der Waals surface area contributed by atoms with Crippen LogP contribution in [0.4, 0.5) is 9.52 Å². The van der Waals surface area contributed by atoms with E-state index in [1.165, 1.54) is 18.2 Å². The van der Waals surface area contributed by atoms with Crippen LogP contribution < -0.4 is 9.64 Å². The number of amides is 1. The molecule has 3 aromatic rings. The average Bonchev–Trinajstić information content (AvgIpc) is 3.41. The zero-order chi connectivity index (χ0) is 27.4. The topological polar surface area (TPSA) is 106 Å². The minimum absolute atomic E-state index is 0.0561. The highest BCUT2D eigenvalue weighted by Crippen LogP contribution is 2.44. The summed E-state index contributed by atoms with van der Waals surface area (Å²) in [6.45, 7) is 6.01. The molecule has 0 spiro atoms. The maximum atomic E-state index is 14.3. The molecule has 1 aromatic heterocycles. The summed E-state index contributed by atoms with van der Waals surface area (Å²) in [5, 5.41) is 11.3. The van der Waals surface area contributed by atoms with E-state index in [4.69, 9.17) is 9.47 Å². The van der Waals surface area contributed by atoms with Gasteiger partial charge < -0.3 is 14.6 Å². The quantitative estimate of drug-likeness (QED) is 0.125. The molecule has 1 saturated heterocycles. The van der Waals surface area contributed by atoms with Crippen LogP contribution >= 0.6 is 11.3 Å². The van der Waals surface area contributed by atoms with Gasteiger partial charge in [-0.3, -0.25) is 14.5 Å². The molecule has 4 rings (SSSR count). The minimum atomic E-state index is -1.17. The Kier molecular flexibility index (Phi) is 8.21. The van der Waals surface area contributed by atoms with E-state index in [1.54, 1.807) is 44.2 Å². The number of ketones is 1. The SMILES string of the molecule is CCCCOc1ccc(C(O)=C2C(=O)C(=O)N(c3nc(C)c(C(=O)OCC)s3)[C@@H]2c2cccc(F)c2)cc1. The summed E-state index contributed by atoms with van der Waals surface area (Å²) < 4.78 is 25.0. The lowest BCUT2D eigenvalue weighted by Gasteiger charge is -2.23. The van der Waals surface area contributed by atoms with Crippen molar-refractivity contribution in [2.75, 3.05) is 18.1 Å². The number of nitrogens with zero attached hydrogens (tertiary/aromatic N) is 2. The Balaban J connectivity index is 1.81. The van der Waals surface area contributed by atoms with Crippen LogP contribution in [-0.2, 0) is 14.3 Å². The van der Waals surface area contributed by atoms with Crippen LogP contribution in [0.25, 0.3) is 5.76 Å². The van der Waals surface area contributed by atoms with E-state index in [0.717, 1.165) is 29.1 Å². The van der Waals surface area contributed by atoms with Gasteiger partial charge in [0.05, 0.1) is 30.5 Å². The molecule has 10 heteroatoms. The molecule has 0 bridgehead atoms. The summed E-state index contributed by atoms with van der Waals surface area (Å²) in [6.07, 6.45) is 1.88. The van der Waals surface area contributed by atoms with Gasteiger partial charge in [-0.05, 0) is 62.2 Å². The van der Waals surface area contributed by atoms with E-state index < -0.39 is 35.3 Å². The van der Waals surface area contributed by atoms with Gasteiger partial charge >= 0.3 is 11.9 Å². The molecule has 1 aliphatic rings. The molecule has 8 nitrogen and oxygen atoms in total. The van der Waals surface area contributed by atoms with Crippen molar-refractivity contribution < 1.29 is 33.4 Å². The Labute approximate surface area is 223 Å². The lowest BCUT2D eigenvalue weighted by atomic mass is 9.95. The Hall–Kier alpha value is -4.05. The lowest BCUT2D eigenvalue weighted by molar-refractivity contribution is -0.132. The highest BCUT2D eigenvalue weighted by molar-refractivity contribution is 7.17. The number of carbonyl (C=O) groups is 3. The third-order valence-corrected chi connectivity index (χ3v) is 7.09. The van der Waals surface area contributed by atoms with Crippen molar-refractivity contribution in [2.45, 2.75) is 39.7 Å². The van der Waals surface area contributed by atoms with E-state index in [0.29, 0.717) is 18.1 Å². The number of Topliss-reactive ketones (excluding diaryl/α,β-unsaturated/α-hetero) is 1. The number of thiazole rings is 1. The molecule has 2 heterocycles. The van der Waals surface area contributed by atoms with Crippen LogP contribution in [0.2, 0.25) is 0 Å². The number of rotatable bonds is 9. The fourth-order valence-electron chi connectivity index (χ4n) is 4.09. The molecule has 38 heavy (non-hydrogen) atoms. The number of carbonyl (C=O) groups excluding carboxylic acids is 3. The number of aromatic nitrogens is 1. The van der Waals surface area contributed by atoms with Gasteiger partial charge in [-0.25, -0.2) is 14.2 Å². The second-order valence-electron chi connectivity index (χ2n) is 8.58. The number of anilines is 1. The number of aliphatic hydroxyl groups is 1. The second-order valence-corrected chi connectivity index (χ2v) is 9.56. The van der Waals surface area contributed by atoms with E-state index in [9.17, 15) is 23.9 Å². The predicted octanol–water partition coefficient (Wildman–Crippen LogP) is 5.57. The van der Waals surface area contributed by atoms with Gasteiger partial charge in [0, 0.05) is 5.56 Å². The van der Waals surface area contributed by atoms with Gasteiger partial charge in [-0.15, -0.1) is 0 Å². The second kappa shape index (κ2) is 11.6. The van der Waals surface area contributed by atoms with Gasteiger partial charge in [0.25, 0.3) is 5.78 Å². The van der Waals surface area contributed by atoms with Gasteiger partial charge in [0.2, 0.25) is 0 Å². The third kappa shape index (κ3) is 5.31. The number of aryl methyl sites for hydroxylation is 1. The number of unbranched alkanes of at least 4 members (excludes halogenated alkanes) is 1. The summed E-state index contributed by atoms with van der Waals surface area (Å²) in [5.74, 6) is -2.91. The van der Waals surface area contributed by atoms with Gasteiger partial charge in [-0.2, -0.15) is 0 Å². The number of hydrogen-bond donors (Lipinski definition) is 1. The maximum absolute atomic E-state index is 14.3. The molecule has 1 aliphatic heterocycles. The third-order valence-electron chi connectivity index (χ3n) is 5.96. The van der Waals surface area contributed by atoms with Crippen LogP contribution in [-0.4, -0.2) is 41.0 Å². The summed E-state index contributed by atoms with van der Waals surface area (Å²) in [4.78, 5) is 44.6. The number of aliphatic hydroxyl groups excluding tert-OH is 1. The first-order valence-corrected chi connectivity index (χ1v) is 13.0. The van der Waals surface area contributed by atoms with Crippen molar-refractivity contribution in [3.8, 4) is 5.75 Å². The van der Waals surface area contributed by atoms with Crippen molar-refractivity contribution in [1.82, 2.24) is 4.98 Å². The molecular weight excluding hydrogens is 511 g/mol. The minimum Gasteiger partial charge on any atom is -0.507 e. The van der Waals surface area contributed by atoms with Crippen molar-refractivity contribution >= 4 is 39.9 Å². The summed E-state index contributed by atoms with van der Waals surface area (Å²) in [5.41, 5.74) is 0.651. The molecule has 0 radical (unpaired) electrons. The summed E-state index contributed by atoms with van der Waals surface area (Å²) in [6, 6.07) is 10.7. The normalized spacial score (nSPS) is 16.6. The fourth-order valence-corrected chi connectivity index (χ4v) is 5.08. The number of halogens is 1. The molecule has 0 unspecified atom stereocenters. The molecule has 198 valence electrons. The van der Waals surface area contributed by atoms with Gasteiger partial charge in [0.15, 0.2) is 5.13 Å². The average molecular weight is 539 g/mol. The molecule has 1 fully saturated rings. The van der Waals surface area contributed by atoms with Crippen LogP contribution in [0.15, 0.2) is 54.1 Å². The zero-order valence-electron chi connectivity index (χ0n) is 21.2. The van der Waals surface area contributed by atoms with E-state index in [-0.39, 0.29) is 33.3 Å². The van der Waals surface area contributed by atoms with Crippen molar-refractivity contribution in [3.05, 3.63) is 81.6 Å². The molecule has 0 saturated carbocycles. The molecule has 2 aromatic carbocycles. The molecule has 1 amide bonds. The first-order chi connectivity index (χ1) is 18.3. The van der Waals surface area contributed by atoms with Crippen LogP contribution in [0.1, 0.15) is 59.2 Å². The monoisotopic (exact) mass is 538 g/mol. The predicted molar refractivity (Wildman–Crippen MR) is 141 cm³/mol. The fraction of sp³-hybridized carbons (Fsp3) is 0.286. The van der Waals surface area contributed by atoms with E-state index in [2.05, 4.69) is 11.9 Å². The Morgan fingerprint density at radius 1 is 1.16 bits per heavy atom. The van der Waals surface area contributed by atoms with Gasteiger partial charge in [0.1, 0.15) is 22.2 Å².